The number of rotatable bonds is 4. The topological polar surface area (TPSA) is 70.4 Å². The summed E-state index contributed by atoms with van der Waals surface area (Å²) in [4.78, 5) is 14.5. The fourth-order valence-corrected chi connectivity index (χ4v) is 1.28. The van der Waals surface area contributed by atoms with Crippen LogP contribution in [-0.4, -0.2) is 21.2 Å². The summed E-state index contributed by atoms with van der Waals surface area (Å²) in [7, 11) is 0. The number of aromatic nitrogens is 1. The minimum atomic E-state index is -1.35. The lowest BCUT2D eigenvalue weighted by molar-refractivity contribution is -0.143. The first kappa shape index (κ1) is 10.7. The van der Waals surface area contributed by atoms with Crippen molar-refractivity contribution in [2.24, 2.45) is 0 Å². The van der Waals surface area contributed by atoms with Crippen LogP contribution in [0.1, 0.15) is 25.5 Å². The maximum absolute atomic E-state index is 10.6. The molecule has 0 aromatic carbocycles. The molecule has 0 amide bonds. The van der Waals surface area contributed by atoms with Gasteiger partial charge in [0.25, 0.3) is 0 Å². The standard InChI is InChI=1S/C10H13NO3/c1-2-10(14,7-9(12)13)8-5-3-4-6-11-8/h3-6,14H,2,7H2,1H3,(H,12,13). The quantitative estimate of drug-likeness (QED) is 0.756. The zero-order valence-corrected chi connectivity index (χ0v) is 7.97. The van der Waals surface area contributed by atoms with Crippen molar-refractivity contribution in [2.75, 3.05) is 0 Å². The van der Waals surface area contributed by atoms with Crippen molar-refractivity contribution >= 4 is 5.97 Å². The van der Waals surface area contributed by atoms with E-state index >= 15 is 0 Å². The van der Waals surface area contributed by atoms with E-state index in [1.807, 2.05) is 0 Å². The van der Waals surface area contributed by atoms with E-state index in [9.17, 15) is 9.90 Å². The predicted molar refractivity (Wildman–Crippen MR) is 50.7 cm³/mol. The van der Waals surface area contributed by atoms with Crippen LogP contribution in [0, 0.1) is 0 Å². The molecule has 0 aliphatic rings. The van der Waals surface area contributed by atoms with E-state index in [1.54, 1.807) is 25.1 Å². The van der Waals surface area contributed by atoms with Crippen LogP contribution in [0.25, 0.3) is 0 Å². The molecular formula is C10H13NO3. The Morgan fingerprint density at radius 2 is 2.29 bits per heavy atom. The lowest BCUT2D eigenvalue weighted by atomic mass is 9.92. The molecule has 0 aliphatic carbocycles. The van der Waals surface area contributed by atoms with Gasteiger partial charge in [-0.25, -0.2) is 0 Å². The van der Waals surface area contributed by atoms with Crippen molar-refractivity contribution in [3.63, 3.8) is 0 Å². The molecule has 0 saturated heterocycles. The largest absolute Gasteiger partial charge is 0.481 e. The second-order valence-electron chi connectivity index (χ2n) is 3.17. The number of nitrogens with zero attached hydrogens (tertiary/aromatic N) is 1. The molecule has 76 valence electrons. The summed E-state index contributed by atoms with van der Waals surface area (Å²) in [6.07, 6.45) is 1.55. The van der Waals surface area contributed by atoms with Gasteiger partial charge in [0, 0.05) is 6.20 Å². The molecular weight excluding hydrogens is 182 g/mol. The Hall–Kier alpha value is -1.42. The third-order valence-corrected chi connectivity index (χ3v) is 2.17. The molecule has 1 aromatic heterocycles. The van der Waals surface area contributed by atoms with Crippen molar-refractivity contribution in [3.05, 3.63) is 30.1 Å². The van der Waals surface area contributed by atoms with Gasteiger partial charge in [-0.15, -0.1) is 0 Å². The molecule has 0 aliphatic heterocycles. The molecule has 1 rings (SSSR count). The van der Waals surface area contributed by atoms with Crippen molar-refractivity contribution < 1.29 is 15.0 Å². The van der Waals surface area contributed by atoms with E-state index < -0.39 is 11.6 Å². The fourth-order valence-electron chi connectivity index (χ4n) is 1.28. The molecule has 0 saturated carbocycles. The summed E-state index contributed by atoms with van der Waals surface area (Å²) < 4.78 is 0. The van der Waals surface area contributed by atoms with Crippen LogP contribution in [0.4, 0.5) is 0 Å². The highest BCUT2D eigenvalue weighted by molar-refractivity contribution is 5.68. The van der Waals surface area contributed by atoms with Gasteiger partial charge >= 0.3 is 5.97 Å². The lowest BCUT2D eigenvalue weighted by Crippen LogP contribution is -2.29. The van der Waals surface area contributed by atoms with Gasteiger partial charge in [-0.1, -0.05) is 13.0 Å². The van der Waals surface area contributed by atoms with Gasteiger partial charge in [0.2, 0.25) is 0 Å². The van der Waals surface area contributed by atoms with E-state index in [2.05, 4.69) is 4.98 Å². The van der Waals surface area contributed by atoms with Gasteiger partial charge in [-0.05, 0) is 18.6 Å². The first-order valence-corrected chi connectivity index (χ1v) is 4.44. The summed E-state index contributed by atoms with van der Waals surface area (Å²) in [5.41, 5.74) is -0.947. The molecule has 0 spiro atoms. The summed E-state index contributed by atoms with van der Waals surface area (Å²) >= 11 is 0. The van der Waals surface area contributed by atoms with Crippen molar-refractivity contribution in [3.8, 4) is 0 Å². The predicted octanol–water partition coefficient (Wildman–Crippen LogP) is 1.15. The zero-order valence-electron chi connectivity index (χ0n) is 7.97. The molecule has 0 bridgehead atoms. The molecule has 1 unspecified atom stereocenters. The highest BCUT2D eigenvalue weighted by Gasteiger charge is 2.31. The van der Waals surface area contributed by atoms with Gasteiger partial charge in [0.15, 0.2) is 0 Å². The smallest absolute Gasteiger partial charge is 0.306 e. The monoisotopic (exact) mass is 195 g/mol. The number of hydrogen-bond donors (Lipinski definition) is 2. The maximum atomic E-state index is 10.6. The van der Waals surface area contributed by atoms with Crippen molar-refractivity contribution in [1.82, 2.24) is 4.98 Å². The van der Waals surface area contributed by atoms with Gasteiger partial charge in [0.1, 0.15) is 5.60 Å². The maximum Gasteiger partial charge on any atom is 0.306 e. The molecule has 1 heterocycles. The molecule has 4 nitrogen and oxygen atoms in total. The average Bonchev–Trinajstić information content (AvgIpc) is 2.18. The van der Waals surface area contributed by atoms with Crippen LogP contribution in [0.3, 0.4) is 0 Å². The first-order valence-electron chi connectivity index (χ1n) is 4.44. The zero-order chi connectivity index (χ0) is 10.6. The van der Waals surface area contributed by atoms with E-state index in [4.69, 9.17) is 5.11 Å². The number of hydrogen-bond acceptors (Lipinski definition) is 3. The van der Waals surface area contributed by atoms with Crippen LogP contribution < -0.4 is 0 Å². The first-order chi connectivity index (χ1) is 6.58. The Kier molecular flexibility index (Phi) is 3.19. The second-order valence-corrected chi connectivity index (χ2v) is 3.17. The summed E-state index contributed by atoms with van der Waals surface area (Å²) in [5, 5.41) is 18.7. The average molecular weight is 195 g/mol. The van der Waals surface area contributed by atoms with Crippen LogP contribution >= 0.6 is 0 Å². The summed E-state index contributed by atoms with van der Waals surface area (Å²) in [6.45, 7) is 1.73. The Bertz CT molecular complexity index is 312. The highest BCUT2D eigenvalue weighted by atomic mass is 16.4. The van der Waals surface area contributed by atoms with Gasteiger partial charge < -0.3 is 10.2 Å². The van der Waals surface area contributed by atoms with Gasteiger partial charge in [0.05, 0.1) is 12.1 Å². The molecule has 2 N–H and O–H groups in total. The van der Waals surface area contributed by atoms with E-state index in [0.29, 0.717) is 12.1 Å². The van der Waals surface area contributed by atoms with E-state index in [0.717, 1.165) is 0 Å². The number of carboxylic acids is 1. The molecule has 0 radical (unpaired) electrons. The fraction of sp³-hybridized carbons (Fsp3) is 0.400. The third kappa shape index (κ3) is 2.29. The Morgan fingerprint density at radius 3 is 2.71 bits per heavy atom. The lowest BCUT2D eigenvalue weighted by Gasteiger charge is -2.23. The Labute approximate surface area is 82.2 Å². The van der Waals surface area contributed by atoms with Crippen molar-refractivity contribution in [2.45, 2.75) is 25.4 Å². The summed E-state index contributed by atoms with van der Waals surface area (Å²) in [6, 6.07) is 5.08. The number of pyridine rings is 1. The minimum absolute atomic E-state index is 0.319. The number of carbonyl (C=O) groups is 1. The Balaban J connectivity index is 2.95. The SMILES string of the molecule is CCC(O)(CC(=O)O)c1ccccn1. The molecule has 1 aromatic rings. The number of aliphatic carboxylic acids is 1. The normalized spacial score (nSPS) is 14.7. The van der Waals surface area contributed by atoms with E-state index in [1.165, 1.54) is 6.20 Å². The highest BCUT2D eigenvalue weighted by Crippen LogP contribution is 2.26. The molecule has 1 atom stereocenters. The molecule has 14 heavy (non-hydrogen) atoms. The van der Waals surface area contributed by atoms with Crippen LogP contribution in [0.15, 0.2) is 24.4 Å². The number of aliphatic hydroxyl groups is 1. The van der Waals surface area contributed by atoms with E-state index in [-0.39, 0.29) is 6.42 Å². The van der Waals surface area contributed by atoms with Crippen LogP contribution in [0.5, 0.6) is 0 Å². The Morgan fingerprint density at radius 1 is 1.57 bits per heavy atom. The van der Waals surface area contributed by atoms with Crippen LogP contribution in [-0.2, 0) is 10.4 Å². The molecule has 4 heteroatoms. The van der Waals surface area contributed by atoms with Crippen molar-refractivity contribution in [1.29, 1.82) is 0 Å². The summed E-state index contributed by atoms with van der Waals surface area (Å²) in [5.74, 6) is -1.03. The molecule has 0 fully saturated rings. The number of carboxylic acid groups (broad SMARTS) is 1. The van der Waals surface area contributed by atoms with Gasteiger partial charge in [-0.2, -0.15) is 0 Å². The third-order valence-electron chi connectivity index (χ3n) is 2.17. The minimum Gasteiger partial charge on any atom is -0.481 e. The van der Waals surface area contributed by atoms with Gasteiger partial charge in [-0.3, -0.25) is 9.78 Å². The second kappa shape index (κ2) is 4.19. The van der Waals surface area contributed by atoms with Crippen LogP contribution in [0.2, 0.25) is 0 Å².